The Hall–Kier alpha value is -1.56. The van der Waals surface area contributed by atoms with Crippen LogP contribution in [0.3, 0.4) is 0 Å². The number of carboxylic acid groups (broad SMARTS) is 1. The summed E-state index contributed by atoms with van der Waals surface area (Å²) in [5.74, 6) is -0.497. The van der Waals surface area contributed by atoms with Crippen LogP contribution in [-0.4, -0.2) is 46.5 Å². The van der Waals surface area contributed by atoms with Gasteiger partial charge in [0, 0.05) is 18.5 Å². The van der Waals surface area contributed by atoms with Gasteiger partial charge in [0.05, 0.1) is 6.54 Å². The maximum Gasteiger partial charge on any atom is 0.326 e. The summed E-state index contributed by atoms with van der Waals surface area (Å²) >= 11 is 1.60. The van der Waals surface area contributed by atoms with E-state index in [9.17, 15) is 14.7 Å². The number of carbonyl (C=O) groups is 2. The molecule has 0 aromatic carbocycles. The average molecular weight is 310 g/mol. The molecule has 0 saturated carbocycles. The number of aliphatic carboxylic acids is 1. The van der Waals surface area contributed by atoms with Gasteiger partial charge in [-0.2, -0.15) is 0 Å². The molecule has 1 aliphatic heterocycles. The quantitative estimate of drug-likeness (QED) is 0.930. The zero-order chi connectivity index (χ0) is 15.4. The Morgan fingerprint density at radius 2 is 2.29 bits per heavy atom. The molecule has 1 aromatic heterocycles. The van der Waals surface area contributed by atoms with E-state index >= 15 is 0 Å². The average Bonchev–Trinajstić information content (AvgIpc) is 2.98. The van der Waals surface area contributed by atoms with Gasteiger partial charge in [0.15, 0.2) is 0 Å². The number of likely N-dealkylation sites (tertiary alicyclic amines) is 1. The molecule has 2 atom stereocenters. The van der Waals surface area contributed by atoms with E-state index in [0.717, 1.165) is 17.7 Å². The summed E-state index contributed by atoms with van der Waals surface area (Å²) in [5.41, 5.74) is 0. The second-order valence-corrected chi connectivity index (χ2v) is 6.60. The first-order chi connectivity index (χ1) is 10.0. The first kappa shape index (κ1) is 15.8. The molecule has 116 valence electrons. The number of thiophene rings is 1. The number of piperidine rings is 1. The van der Waals surface area contributed by atoms with E-state index < -0.39 is 12.0 Å². The standard InChI is InChI=1S/C15H22N2O3S/c1-3-11-6-7-17(13(9-11)14(18)19)15(20)16(2)10-12-5-4-8-21-12/h4-5,8,11,13H,3,6-7,9-10H2,1-2H3,(H,18,19). The Kier molecular flexibility index (Phi) is 5.22. The Balaban J connectivity index is 2.04. The van der Waals surface area contributed by atoms with Crippen molar-refractivity contribution in [2.45, 2.75) is 38.8 Å². The molecule has 0 aliphatic carbocycles. The first-order valence-corrected chi connectivity index (χ1v) is 8.17. The summed E-state index contributed by atoms with van der Waals surface area (Å²) in [6.45, 7) is 3.13. The number of amides is 2. The van der Waals surface area contributed by atoms with Gasteiger partial charge in [0.2, 0.25) is 0 Å². The molecule has 1 N–H and O–H groups in total. The number of carboxylic acids is 1. The van der Waals surface area contributed by atoms with Crippen molar-refractivity contribution in [1.29, 1.82) is 0 Å². The number of nitrogens with zero attached hydrogens (tertiary/aromatic N) is 2. The lowest BCUT2D eigenvalue weighted by Gasteiger charge is -2.38. The van der Waals surface area contributed by atoms with Crippen LogP contribution in [0.25, 0.3) is 0 Å². The van der Waals surface area contributed by atoms with Gasteiger partial charge in [-0.25, -0.2) is 9.59 Å². The number of urea groups is 1. The molecule has 0 bridgehead atoms. The molecule has 21 heavy (non-hydrogen) atoms. The summed E-state index contributed by atoms with van der Waals surface area (Å²) in [6, 6.07) is 3.05. The Bertz CT molecular complexity index is 489. The van der Waals surface area contributed by atoms with Crippen molar-refractivity contribution in [2.24, 2.45) is 5.92 Å². The summed E-state index contributed by atoms with van der Waals surface area (Å²) in [5, 5.41) is 11.4. The van der Waals surface area contributed by atoms with Crippen molar-refractivity contribution < 1.29 is 14.7 Å². The molecule has 2 rings (SSSR count). The minimum absolute atomic E-state index is 0.189. The molecule has 1 saturated heterocycles. The predicted molar refractivity (Wildman–Crippen MR) is 82.3 cm³/mol. The third-order valence-electron chi connectivity index (χ3n) is 4.12. The number of hydrogen-bond donors (Lipinski definition) is 1. The lowest BCUT2D eigenvalue weighted by atomic mass is 9.89. The molecule has 0 radical (unpaired) electrons. The van der Waals surface area contributed by atoms with Gasteiger partial charge in [0.1, 0.15) is 6.04 Å². The highest BCUT2D eigenvalue weighted by molar-refractivity contribution is 7.09. The van der Waals surface area contributed by atoms with Crippen molar-refractivity contribution in [2.75, 3.05) is 13.6 Å². The lowest BCUT2D eigenvalue weighted by Crippen LogP contribution is -2.53. The largest absolute Gasteiger partial charge is 0.480 e. The summed E-state index contributed by atoms with van der Waals surface area (Å²) in [6.07, 6.45) is 2.42. The van der Waals surface area contributed by atoms with Crippen molar-refractivity contribution in [3.8, 4) is 0 Å². The molecular formula is C15H22N2O3S. The van der Waals surface area contributed by atoms with Gasteiger partial charge in [0.25, 0.3) is 0 Å². The number of carbonyl (C=O) groups excluding carboxylic acids is 1. The molecule has 0 spiro atoms. The smallest absolute Gasteiger partial charge is 0.326 e. The Morgan fingerprint density at radius 1 is 1.52 bits per heavy atom. The van der Waals surface area contributed by atoms with Crippen LogP contribution in [0.5, 0.6) is 0 Å². The van der Waals surface area contributed by atoms with Crippen molar-refractivity contribution in [3.05, 3.63) is 22.4 Å². The molecule has 1 aliphatic rings. The molecule has 1 fully saturated rings. The topological polar surface area (TPSA) is 60.9 Å². The zero-order valence-corrected chi connectivity index (χ0v) is 13.3. The molecule has 5 nitrogen and oxygen atoms in total. The van der Waals surface area contributed by atoms with E-state index in [-0.39, 0.29) is 6.03 Å². The van der Waals surface area contributed by atoms with Crippen LogP contribution in [0.2, 0.25) is 0 Å². The van der Waals surface area contributed by atoms with Crippen molar-refractivity contribution in [1.82, 2.24) is 9.80 Å². The van der Waals surface area contributed by atoms with Crippen molar-refractivity contribution in [3.63, 3.8) is 0 Å². The molecule has 2 amide bonds. The maximum absolute atomic E-state index is 12.5. The number of hydrogen-bond acceptors (Lipinski definition) is 3. The van der Waals surface area contributed by atoms with E-state index in [2.05, 4.69) is 6.92 Å². The van der Waals surface area contributed by atoms with E-state index in [4.69, 9.17) is 0 Å². The summed E-state index contributed by atoms with van der Waals surface area (Å²) in [4.78, 5) is 28.2. The zero-order valence-electron chi connectivity index (χ0n) is 12.5. The molecule has 2 heterocycles. The van der Waals surface area contributed by atoms with Gasteiger partial charge < -0.3 is 14.9 Å². The lowest BCUT2D eigenvalue weighted by molar-refractivity contribution is -0.144. The predicted octanol–water partition coefficient (Wildman–Crippen LogP) is 2.88. The second kappa shape index (κ2) is 6.93. The summed E-state index contributed by atoms with van der Waals surface area (Å²) in [7, 11) is 1.73. The maximum atomic E-state index is 12.5. The highest BCUT2D eigenvalue weighted by Crippen LogP contribution is 2.26. The van der Waals surface area contributed by atoms with E-state index in [1.165, 1.54) is 4.90 Å². The Morgan fingerprint density at radius 3 is 2.86 bits per heavy atom. The first-order valence-electron chi connectivity index (χ1n) is 7.29. The third-order valence-corrected chi connectivity index (χ3v) is 4.98. The molecule has 1 aromatic rings. The van der Waals surface area contributed by atoms with E-state index in [1.54, 1.807) is 23.3 Å². The van der Waals surface area contributed by atoms with Crippen LogP contribution < -0.4 is 0 Å². The van der Waals surface area contributed by atoms with Crippen LogP contribution in [0.15, 0.2) is 17.5 Å². The summed E-state index contributed by atoms with van der Waals surface area (Å²) < 4.78 is 0. The highest BCUT2D eigenvalue weighted by atomic mass is 32.1. The molecule has 2 unspecified atom stereocenters. The van der Waals surface area contributed by atoms with Gasteiger partial charge in [-0.1, -0.05) is 19.4 Å². The fraction of sp³-hybridized carbons (Fsp3) is 0.600. The van der Waals surface area contributed by atoms with E-state index in [1.807, 2.05) is 17.5 Å². The van der Waals surface area contributed by atoms with Crippen LogP contribution in [0.1, 0.15) is 31.1 Å². The number of rotatable bonds is 4. The fourth-order valence-electron chi connectivity index (χ4n) is 2.80. The SMILES string of the molecule is CCC1CCN(C(=O)N(C)Cc2cccs2)C(C(=O)O)C1. The Labute approximate surface area is 129 Å². The second-order valence-electron chi connectivity index (χ2n) is 5.56. The molecule has 6 heteroatoms. The van der Waals surface area contributed by atoms with Gasteiger partial charge in [-0.15, -0.1) is 11.3 Å². The van der Waals surface area contributed by atoms with Gasteiger partial charge in [-0.3, -0.25) is 0 Å². The highest BCUT2D eigenvalue weighted by Gasteiger charge is 2.36. The van der Waals surface area contributed by atoms with E-state index in [0.29, 0.717) is 25.4 Å². The third kappa shape index (κ3) is 3.75. The fourth-order valence-corrected chi connectivity index (χ4v) is 3.55. The van der Waals surface area contributed by atoms with Crippen LogP contribution in [0.4, 0.5) is 4.79 Å². The minimum Gasteiger partial charge on any atom is -0.480 e. The van der Waals surface area contributed by atoms with Crippen molar-refractivity contribution >= 4 is 23.3 Å². The monoisotopic (exact) mass is 310 g/mol. The van der Waals surface area contributed by atoms with Gasteiger partial charge >= 0.3 is 12.0 Å². The van der Waals surface area contributed by atoms with Crippen LogP contribution >= 0.6 is 11.3 Å². The van der Waals surface area contributed by atoms with Crippen LogP contribution in [0, 0.1) is 5.92 Å². The normalized spacial score (nSPS) is 22.1. The van der Waals surface area contributed by atoms with Gasteiger partial charge in [-0.05, 0) is 30.2 Å². The van der Waals surface area contributed by atoms with Crippen LogP contribution in [-0.2, 0) is 11.3 Å². The molecular weight excluding hydrogens is 288 g/mol. The minimum atomic E-state index is -0.897.